The fourth-order valence-electron chi connectivity index (χ4n) is 1.39. The minimum Gasteiger partial charge on any atom is -0.313 e. The molecule has 0 atom stereocenters. The molecule has 0 bridgehead atoms. The van der Waals surface area contributed by atoms with Gasteiger partial charge in [0.2, 0.25) is 0 Å². The van der Waals surface area contributed by atoms with E-state index in [0.717, 1.165) is 16.8 Å². The van der Waals surface area contributed by atoms with Gasteiger partial charge in [0.05, 0.1) is 5.69 Å². The summed E-state index contributed by atoms with van der Waals surface area (Å²) in [5, 5.41) is 0. The van der Waals surface area contributed by atoms with Crippen LogP contribution in [0.4, 0.5) is 5.69 Å². The topological polar surface area (TPSA) is 20.3 Å². The van der Waals surface area contributed by atoms with E-state index in [9.17, 15) is 4.79 Å². The monoisotopic (exact) mass is 257 g/mol. The molecule has 0 N–H and O–H groups in total. The third-order valence-electron chi connectivity index (χ3n) is 2.24. The summed E-state index contributed by atoms with van der Waals surface area (Å²) in [6.07, 6.45) is 0. The van der Waals surface area contributed by atoms with Gasteiger partial charge in [-0.3, -0.25) is 4.79 Å². The number of amides is 1. The molecule has 0 aliphatic heterocycles. The molecule has 0 spiro atoms. The van der Waals surface area contributed by atoms with Crippen molar-refractivity contribution < 1.29 is 4.79 Å². The van der Waals surface area contributed by atoms with Crippen LogP contribution in [0.25, 0.3) is 5.57 Å². The second kappa shape index (κ2) is 5.37. The molecule has 0 aliphatic carbocycles. The van der Waals surface area contributed by atoms with Crippen molar-refractivity contribution in [3.63, 3.8) is 0 Å². The van der Waals surface area contributed by atoms with E-state index in [1.165, 1.54) is 4.90 Å². The van der Waals surface area contributed by atoms with E-state index < -0.39 is 4.84 Å². The van der Waals surface area contributed by atoms with Crippen LogP contribution in [0.2, 0.25) is 0 Å². The summed E-state index contributed by atoms with van der Waals surface area (Å²) < 4.78 is 0. The SMILES string of the molecule is C=C(C)c1ccccc1N(C)C(=O)C(Cl)Cl. The number of hydrogen-bond acceptors (Lipinski definition) is 1. The van der Waals surface area contributed by atoms with Crippen molar-refractivity contribution in [1.82, 2.24) is 0 Å². The van der Waals surface area contributed by atoms with Gasteiger partial charge in [-0.05, 0) is 18.6 Å². The van der Waals surface area contributed by atoms with Crippen LogP contribution in [0, 0.1) is 0 Å². The van der Waals surface area contributed by atoms with Crippen molar-refractivity contribution in [3.05, 3.63) is 36.4 Å². The lowest BCUT2D eigenvalue weighted by molar-refractivity contribution is -0.116. The maximum absolute atomic E-state index is 11.7. The summed E-state index contributed by atoms with van der Waals surface area (Å²) in [6, 6.07) is 7.48. The zero-order valence-electron chi connectivity index (χ0n) is 9.21. The van der Waals surface area contributed by atoms with Gasteiger partial charge in [-0.25, -0.2) is 0 Å². The highest BCUT2D eigenvalue weighted by molar-refractivity contribution is 6.54. The summed E-state index contributed by atoms with van der Waals surface area (Å²) >= 11 is 11.1. The lowest BCUT2D eigenvalue weighted by Crippen LogP contribution is -2.31. The van der Waals surface area contributed by atoms with E-state index in [4.69, 9.17) is 23.2 Å². The van der Waals surface area contributed by atoms with Crippen LogP contribution in [0.1, 0.15) is 12.5 Å². The summed E-state index contributed by atoms with van der Waals surface area (Å²) in [5.41, 5.74) is 2.55. The second-order valence-corrected chi connectivity index (χ2v) is 4.59. The molecule has 0 aliphatic rings. The highest BCUT2D eigenvalue weighted by Crippen LogP contribution is 2.26. The quantitative estimate of drug-likeness (QED) is 0.760. The highest BCUT2D eigenvalue weighted by atomic mass is 35.5. The second-order valence-electron chi connectivity index (χ2n) is 3.50. The summed E-state index contributed by atoms with van der Waals surface area (Å²) in [6.45, 7) is 5.75. The number of alkyl halides is 2. The summed E-state index contributed by atoms with van der Waals surface area (Å²) in [4.78, 5) is 12.0. The third-order valence-corrected chi connectivity index (χ3v) is 2.62. The first-order chi connectivity index (χ1) is 7.45. The average Bonchev–Trinajstić information content (AvgIpc) is 2.26. The smallest absolute Gasteiger partial charge is 0.260 e. The van der Waals surface area contributed by atoms with Crippen LogP contribution < -0.4 is 4.90 Å². The van der Waals surface area contributed by atoms with Gasteiger partial charge >= 0.3 is 0 Å². The predicted molar refractivity (Wildman–Crippen MR) is 70.1 cm³/mol. The van der Waals surface area contributed by atoms with Gasteiger partial charge in [0.15, 0.2) is 4.84 Å². The van der Waals surface area contributed by atoms with Crippen molar-refractivity contribution in [2.75, 3.05) is 11.9 Å². The maximum Gasteiger partial charge on any atom is 0.260 e. The van der Waals surface area contributed by atoms with E-state index in [1.807, 2.05) is 31.2 Å². The molecule has 0 fully saturated rings. The molecular formula is C12H13Cl2NO. The molecule has 1 amide bonds. The van der Waals surface area contributed by atoms with Gasteiger partial charge < -0.3 is 4.90 Å². The van der Waals surface area contributed by atoms with E-state index in [2.05, 4.69) is 6.58 Å². The zero-order valence-corrected chi connectivity index (χ0v) is 10.7. The first kappa shape index (κ1) is 13.1. The molecule has 86 valence electrons. The maximum atomic E-state index is 11.7. The lowest BCUT2D eigenvalue weighted by atomic mass is 10.1. The molecular weight excluding hydrogens is 245 g/mol. The van der Waals surface area contributed by atoms with Crippen LogP contribution in [0.5, 0.6) is 0 Å². The van der Waals surface area contributed by atoms with E-state index in [1.54, 1.807) is 7.05 Å². The Kier molecular flexibility index (Phi) is 4.39. The number of allylic oxidation sites excluding steroid dienone is 1. The molecule has 0 saturated carbocycles. The average molecular weight is 258 g/mol. The molecule has 0 aromatic heterocycles. The molecule has 4 heteroatoms. The van der Waals surface area contributed by atoms with Crippen LogP contribution in [0.3, 0.4) is 0 Å². The number of nitrogens with zero attached hydrogens (tertiary/aromatic N) is 1. The van der Waals surface area contributed by atoms with Crippen molar-refractivity contribution in [2.24, 2.45) is 0 Å². The number of carbonyl (C=O) groups is 1. The molecule has 1 aromatic rings. The molecule has 16 heavy (non-hydrogen) atoms. The van der Waals surface area contributed by atoms with Crippen molar-refractivity contribution >= 4 is 40.4 Å². The fraction of sp³-hybridized carbons (Fsp3) is 0.250. The summed E-state index contributed by atoms with van der Waals surface area (Å²) in [7, 11) is 1.64. The third kappa shape index (κ3) is 2.77. The van der Waals surface area contributed by atoms with Gasteiger partial charge in [-0.2, -0.15) is 0 Å². The molecule has 1 aromatic carbocycles. The summed E-state index contributed by atoms with van der Waals surface area (Å²) in [5.74, 6) is -0.350. The van der Waals surface area contributed by atoms with Crippen LogP contribution in [-0.4, -0.2) is 17.8 Å². The zero-order chi connectivity index (χ0) is 12.3. The number of halogens is 2. The molecule has 2 nitrogen and oxygen atoms in total. The van der Waals surface area contributed by atoms with Crippen molar-refractivity contribution in [1.29, 1.82) is 0 Å². The van der Waals surface area contributed by atoms with Gasteiger partial charge in [-0.1, -0.05) is 48.0 Å². The van der Waals surface area contributed by atoms with Gasteiger partial charge in [0.25, 0.3) is 5.91 Å². The van der Waals surface area contributed by atoms with Gasteiger partial charge in [0.1, 0.15) is 0 Å². The first-order valence-corrected chi connectivity index (χ1v) is 5.63. The molecule has 0 unspecified atom stereocenters. The Bertz CT molecular complexity index is 415. The Morgan fingerprint density at radius 3 is 2.44 bits per heavy atom. The first-order valence-electron chi connectivity index (χ1n) is 4.75. The van der Waals surface area contributed by atoms with E-state index >= 15 is 0 Å². The normalized spacial score (nSPS) is 10.3. The van der Waals surface area contributed by atoms with Gasteiger partial charge in [0, 0.05) is 12.6 Å². The number of para-hydroxylation sites is 1. The van der Waals surface area contributed by atoms with E-state index in [0.29, 0.717) is 0 Å². The number of hydrogen-bond donors (Lipinski definition) is 0. The van der Waals surface area contributed by atoms with Crippen LogP contribution >= 0.6 is 23.2 Å². The molecule has 0 radical (unpaired) electrons. The predicted octanol–water partition coefficient (Wildman–Crippen LogP) is 3.49. The molecule has 0 heterocycles. The lowest BCUT2D eigenvalue weighted by Gasteiger charge is -2.21. The minimum absolute atomic E-state index is 0.350. The van der Waals surface area contributed by atoms with Crippen LogP contribution in [0.15, 0.2) is 30.8 Å². The van der Waals surface area contributed by atoms with E-state index in [-0.39, 0.29) is 5.91 Å². The number of benzene rings is 1. The van der Waals surface area contributed by atoms with Crippen molar-refractivity contribution in [3.8, 4) is 0 Å². The highest BCUT2D eigenvalue weighted by Gasteiger charge is 2.19. The molecule has 1 rings (SSSR count). The van der Waals surface area contributed by atoms with Gasteiger partial charge in [-0.15, -0.1) is 0 Å². The Morgan fingerprint density at radius 2 is 1.94 bits per heavy atom. The Balaban J connectivity index is 3.13. The Morgan fingerprint density at radius 1 is 1.38 bits per heavy atom. The van der Waals surface area contributed by atoms with Crippen molar-refractivity contribution in [2.45, 2.75) is 11.8 Å². The largest absolute Gasteiger partial charge is 0.313 e. The Hall–Kier alpha value is -0.990. The minimum atomic E-state index is -1.05. The fourth-order valence-corrected chi connectivity index (χ4v) is 1.68. The standard InChI is InChI=1S/C12H13Cl2NO/c1-8(2)9-6-4-5-7-10(9)15(3)12(16)11(13)14/h4-7,11H,1H2,2-3H3. The number of carbonyl (C=O) groups excluding carboxylic acids is 1. The number of rotatable bonds is 3. The molecule has 0 saturated heterocycles. The van der Waals surface area contributed by atoms with Crippen LogP contribution in [-0.2, 0) is 4.79 Å². The number of anilines is 1. The Labute approximate surface area is 105 Å².